The van der Waals surface area contributed by atoms with Crippen molar-refractivity contribution in [2.45, 2.75) is 6.42 Å². The summed E-state index contributed by atoms with van der Waals surface area (Å²) in [6.45, 7) is 0. The van der Waals surface area contributed by atoms with Crippen molar-refractivity contribution in [1.29, 1.82) is 0 Å². The third-order valence-corrected chi connectivity index (χ3v) is 3.77. The number of hydrogen-bond acceptors (Lipinski definition) is 6. The number of pyridine rings is 1. The van der Waals surface area contributed by atoms with Gasteiger partial charge in [-0.3, -0.25) is 4.98 Å². The number of aromatic nitrogens is 1. The fourth-order valence-corrected chi connectivity index (χ4v) is 2.66. The summed E-state index contributed by atoms with van der Waals surface area (Å²) < 4.78 is 32.2. The van der Waals surface area contributed by atoms with Crippen molar-refractivity contribution in [3.8, 4) is 17.2 Å². The largest absolute Gasteiger partial charge is 0.493 e. The highest BCUT2D eigenvalue weighted by atomic mass is 31.1. The van der Waals surface area contributed by atoms with Crippen LogP contribution >= 0.6 is 8.25 Å². The summed E-state index contributed by atoms with van der Waals surface area (Å²) in [6, 6.07) is 7.09. The number of ether oxygens (including phenoxy) is 3. The number of hydrogen-bond donors (Lipinski definition) is 1. The number of methoxy groups -OCH3 is 3. The highest BCUT2D eigenvalue weighted by Gasteiger charge is 2.13. The van der Waals surface area contributed by atoms with Crippen LogP contribution in [0.15, 0.2) is 42.4 Å². The van der Waals surface area contributed by atoms with Gasteiger partial charge in [-0.15, -0.1) is 0 Å². The Balaban J connectivity index is 2.42. The summed E-state index contributed by atoms with van der Waals surface area (Å²) in [6.07, 6.45) is 5.29. The Kier molecular flexibility index (Phi) is 6.86. The van der Waals surface area contributed by atoms with Crippen LogP contribution in [-0.2, 0) is 15.5 Å². The number of nitrogens with zero attached hydrogens (tertiary/aromatic N) is 1. The molecule has 0 bridgehead atoms. The highest BCUT2D eigenvalue weighted by Crippen LogP contribution is 2.39. The second kappa shape index (κ2) is 9.11. The minimum Gasteiger partial charge on any atom is -0.493 e. The zero-order valence-electron chi connectivity index (χ0n) is 14.2. The molecule has 25 heavy (non-hydrogen) atoms. The van der Waals surface area contributed by atoms with E-state index in [4.69, 9.17) is 23.6 Å². The Morgan fingerprint density at radius 3 is 2.36 bits per heavy atom. The van der Waals surface area contributed by atoms with Crippen molar-refractivity contribution < 1.29 is 28.2 Å². The molecule has 1 N–H and O–H groups in total. The van der Waals surface area contributed by atoms with Gasteiger partial charge in [-0.25, -0.2) is 4.57 Å². The smallest absolute Gasteiger partial charge is 0.364 e. The van der Waals surface area contributed by atoms with Gasteiger partial charge in [0.05, 0.1) is 21.3 Å². The van der Waals surface area contributed by atoms with Crippen molar-refractivity contribution in [3.63, 3.8) is 0 Å². The molecule has 134 valence electrons. The maximum Gasteiger partial charge on any atom is 0.364 e. The molecule has 2 rings (SSSR count). The first-order valence-corrected chi connectivity index (χ1v) is 8.64. The van der Waals surface area contributed by atoms with Crippen molar-refractivity contribution in [1.82, 2.24) is 4.98 Å². The normalized spacial score (nSPS) is 12.4. The Hall–Kier alpha value is -2.50. The van der Waals surface area contributed by atoms with Gasteiger partial charge >= 0.3 is 8.25 Å². The molecule has 1 aromatic carbocycles. The van der Waals surface area contributed by atoms with Crippen molar-refractivity contribution >= 4 is 14.3 Å². The van der Waals surface area contributed by atoms with E-state index in [1.54, 1.807) is 36.7 Å². The Labute approximate surface area is 146 Å². The molecule has 2 aromatic rings. The average molecular weight is 365 g/mol. The fourth-order valence-electron chi connectivity index (χ4n) is 2.30. The maximum absolute atomic E-state index is 11.2. The molecule has 7 nitrogen and oxygen atoms in total. The second-order valence-corrected chi connectivity index (χ2v) is 5.71. The van der Waals surface area contributed by atoms with E-state index in [9.17, 15) is 4.57 Å². The topological polar surface area (TPSA) is 87.1 Å². The van der Waals surface area contributed by atoms with E-state index in [1.165, 1.54) is 21.3 Å². The minimum atomic E-state index is -3.14. The summed E-state index contributed by atoms with van der Waals surface area (Å²) in [4.78, 5) is 13.2. The van der Waals surface area contributed by atoms with Crippen LogP contribution in [0, 0.1) is 0 Å². The molecular formula is C17H20NO6P. The standard InChI is InChI=1S/C17H20NO6P/c1-21-15-9-13(10-16(22-2)17(15)23-3)8-14(24-25(19)20)7-12-5-4-6-18-11-12/h4-6,8-11,25H,7H2,1-3H3,(H,19,20). The van der Waals surface area contributed by atoms with Gasteiger partial charge in [0.15, 0.2) is 11.5 Å². The van der Waals surface area contributed by atoms with Gasteiger partial charge in [0, 0.05) is 18.8 Å². The van der Waals surface area contributed by atoms with Crippen molar-refractivity contribution in [2.24, 2.45) is 0 Å². The first-order chi connectivity index (χ1) is 12.1. The predicted octanol–water partition coefficient (Wildman–Crippen LogP) is 3.09. The summed E-state index contributed by atoms with van der Waals surface area (Å²) in [5.74, 6) is 1.75. The molecule has 1 atom stereocenters. The quantitative estimate of drug-likeness (QED) is 0.568. The number of allylic oxidation sites excluding steroid dienone is 1. The second-order valence-electron chi connectivity index (χ2n) is 4.98. The lowest BCUT2D eigenvalue weighted by atomic mass is 10.1. The van der Waals surface area contributed by atoms with Gasteiger partial charge in [0.1, 0.15) is 5.76 Å². The Bertz CT molecular complexity index is 738. The summed E-state index contributed by atoms with van der Waals surface area (Å²) >= 11 is 0. The molecule has 1 aromatic heterocycles. The summed E-state index contributed by atoms with van der Waals surface area (Å²) in [7, 11) is 1.41. The molecule has 0 amide bonds. The van der Waals surface area contributed by atoms with Crippen LogP contribution in [-0.4, -0.2) is 31.2 Å². The van der Waals surface area contributed by atoms with E-state index in [2.05, 4.69) is 4.98 Å². The van der Waals surface area contributed by atoms with Gasteiger partial charge in [-0.05, 0) is 35.4 Å². The number of rotatable bonds is 8. The van der Waals surface area contributed by atoms with Gasteiger partial charge in [0.2, 0.25) is 5.75 Å². The molecule has 8 heteroatoms. The SMILES string of the molecule is COc1cc(C=C(Cc2cccnc2)O[PH](=O)O)cc(OC)c1OC. The molecule has 1 unspecified atom stereocenters. The Morgan fingerprint density at radius 2 is 1.88 bits per heavy atom. The molecule has 0 radical (unpaired) electrons. The fraction of sp³-hybridized carbons (Fsp3) is 0.235. The van der Waals surface area contributed by atoms with Crippen LogP contribution in [0.1, 0.15) is 11.1 Å². The van der Waals surface area contributed by atoms with Gasteiger partial charge in [-0.2, -0.15) is 0 Å². The van der Waals surface area contributed by atoms with Crippen LogP contribution in [0.4, 0.5) is 0 Å². The molecule has 1 heterocycles. The minimum absolute atomic E-state index is 0.321. The highest BCUT2D eigenvalue weighted by molar-refractivity contribution is 7.32. The van der Waals surface area contributed by atoms with Gasteiger partial charge < -0.3 is 23.6 Å². The average Bonchev–Trinajstić information content (AvgIpc) is 2.61. The summed E-state index contributed by atoms with van der Waals surface area (Å²) in [5, 5.41) is 0. The predicted molar refractivity (Wildman–Crippen MR) is 94.3 cm³/mol. The lowest BCUT2D eigenvalue weighted by Crippen LogP contribution is -1.97. The van der Waals surface area contributed by atoms with E-state index in [-0.39, 0.29) is 0 Å². The maximum atomic E-state index is 11.2. The van der Waals surface area contributed by atoms with E-state index >= 15 is 0 Å². The van der Waals surface area contributed by atoms with E-state index in [0.717, 1.165) is 5.56 Å². The van der Waals surface area contributed by atoms with Crippen LogP contribution in [0.5, 0.6) is 17.2 Å². The van der Waals surface area contributed by atoms with Crippen molar-refractivity contribution in [2.75, 3.05) is 21.3 Å². The monoisotopic (exact) mass is 365 g/mol. The third kappa shape index (κ3) is 5.24. The third-order valence-electron chi connectivity index (χ3n) is 3.33. The zero-order chi connectivity index (χ0) is 18.2. The van der Waals surface area contributed by atoms with Crippen LogP contribution in [0.3, 0.4) is 0 Å². The van der Waals surface area contributed by atoms with Crippen LogP contribution < -0.4 is 14.2 Å². The first-order valence-electron chi connectivity index (χ1n) is 7.37. The molecule has 0 saturated heterocycles. The van der Waals surface area contributed by atoms with Gasteiger partial charge in [0.25, 0.3) is 0 Å². The first kappa shape index (κ1) is 18.8. The molecule has 0 aliphatic heterocycles. The molecule has 0 spiro atoms. The lowest BCUT2D eigenvalue weighted by molar-refractivity contribution is 0.324. The zero-order valence-corrected chi connectivity index (χ0v) is 15.2. The van der Waals surface area contributed by atoms with Crippen molar-refractivity contribution in [3.05, 3.63) is 53.5 Å². The molecule has 0 saturated carbocycles. The summed E-state index contributed by atoms with van der Waals surface area (Å²) in [5.41, 5.74) is 1.53. The van der Waals surface area contributed by atoms with Crippen LogP contribution in [0.2, 0.25) is 0 Å². The Morgan fingerprint density at radius 1 is 1.20 bits per heavy atom. The van der Waals surface area contributed by atoms with Crippen LogP contribution in [0.25, 0.3) is 6.08 Å². The van der Waals surface area contributed by atoms with E-state index in [0.29, 0.717) is 35.0 Å². The van der Waals surface area contributed by atoms with E-state index < -0.39 is 8.25 Å². The lowest BCUT2D eigenvalue weighted by Gasteiger charge is -2.14. The molecule has 0 aliphatic rings. The van der Waals surface area contributed by atoms with E-state index in [1.807, 2.05) is 6.07 Å². The molecule has 0 fully saturated rings. The number of benzene rings is 1. The van der Waals surface area contributed by atoms with Gasteiger partial charge in [-0.1, -0.05) is 6.07 Å². The molecular weight excluding hydrogens is 345 g/mol. The molecule has 0 aliphatic carbocycles.